The predicted molar refractivity (Wildman–Crippen MR) is 79.3 cm³/mol. The van der Waals surface area contributed by atoms with Gasteiger partial charge in [-0.1, -0.05) is 19.3 Å². The molecule has 2 nitrogen and oxygen atoms in total. The number of Topliss-reactive ketones (excluding diaryl/α,β-unsaturated/α-hetero) is 1. The lowest BCUT2D eigenvalue weighted by Crippen LogP contribution is -2.24. The van der Waals surface area contributed by atoms with Gasteiger partial charge in [0.2, 0.25) is 0 Å². The van der Waals surface area contributed by atoms with Crippen molar-refractivity contribution in [3.8, 4) is 0 Å². The lowest BCUT2D eigenvalue weighted by molar-refractivity contribution is -0.116. The Hall–Kier alpha value is -0.310. The molecule has 0 amide bonds. The molecule has 102 valence electrons. The zero-order valence-corrected chi connectivity index (χ0v) is 12.5. The predicted octanol–water partition coefficient (Wildman–Crippen LogP) is 4.09. The number of aliphatic imine (C=N–C) groups is 1. The summed E-state index contributed by atoms with van der Waals surface area (Å²) < 4.78 is 0. The molecule has 3 heteroatoms. The van der Waals surface area contributed by atoms with Gasteiger partial charge < -0.3 is 0 Å². The van der Waals surface area contributed by atoms with Crippen molar-refractivity contribution in [1.82, 2.24) is 0 Å². The summed E-state index contributed by atoms with van der Waals surface area (Å²) in [4.78, 5) is 16.5. The van der Waals surface area contributed by atoms with Crippen LogP contribution in [-0.4, -0.2) is 22.6 Å². The number of carbonyl (C=O) groups excluding carboxylic acids is 1. The van der Waals surface area contributed by atoms with Crippen LogP contribution in [0.25, 0.3) is 0 Å². The molecule has 18 heavy (non-hydrogen) atoms. The van der Waals surface area contributed by atoms with Gasteiger partial charge in [0.15, 0.2) is 0 Å². The molecule has 2 fully saturated rings. The van der Waals surface area contributed by atoms with Crippen molar-refractivity contribution in [1.29, 1.82) is 0 Å². The van der Waals surface area contributed by atoms with Crippen LogP contribution in [0.5, 0.6) is 0 Å². The topological polar surface area (TPSA) is 29.4 Å². The molecule has 1 heterocycles. The first-order chi connectivity index (χ1) is 8.66. The van der Waals surface area contributed by atoms with E-state index in [4.69, 9.17) is 4.99 Å². The summed E-state index contributed by atoms with van der Waals surface area (Å²) in [6.07, 6.45) is 8.63. The fourth-order valence-corrected chi connectivity index (χ4v) is 4.40. The second kappa shape index (κ2) is 6.74. The van der Waals surface area contributed by atoms with Crippen LogP contribution in [0.1, 0.15) is 58.8 Å². The van der Waals surface area contributed by atoms with Crippen LogP contribution in [0.2, 0.25) is 0 Å². The summed E-state index contributed by atoms with van der Waals surface area (Å²) in [6, 6.07) is 0.354. The number of nitrogens with zero attached hydrogens (tertiary/aromatic N) is 1. The van der Waals surface area contributed by atoms with Crippen LogP contribution >= 0.6 is 11.8 Å². The van der Waals surface area contributed by atoms with Gasteiger partial charge in [-0.3, -0.25) is 9.79 Å². The molecule has 1 aliphatic heterocycles. The second-order valence-corrected chi connectivity index (χ2v) is 6.93. The number of thioether (sulfide) groups is 1. The summed E-state index contributed by atoms with van der Waals surface area (Å²) in [5, 5.41) is 1.28. The van der Waals surface area contributed by atoms with E-state index in [-0.39, 0.29) is 0 Å². The largest absolute Gasteiger partial charge is 0.299 e. The van der Waals surface area contributed by atoms with E-state index in [1.165, 1.54) is 37.1 Å². The van der Waals surface area contributed by atoms with E-state index in [0.29, 0.717) is 23.5 Å². The molecule has 1 aliphatic carbocycles. The van der Waals surface area contributed by atoms with Crippen molar-refractivity contribution in [2.75, 3.05) is 5.75 Å². The van der Waals surface area contributed by atoms with Crippen LogP contribution < -0.4 is 0 Å². The summed E-state index contributed by atoms with van der Waals surface area (Å²) in [7, 11) is 0. The third kappa shape index (κ3) is 3.84. The Morgan fingerprint density at radius 1 is 1.17 bits per heavy atom. The van der Waals surface area contributed by atoms with Gasteiger partial charge in [-0.15, -0.1) is 11.8 Å². The van der Waals surface area contributed by atoms with Gasteiger partial charge in [0, 0.05) is 18.4 Å². The van der Waals surface area contributed by atoms with Crippen molar-refractivity contribution in [3.05, 3.63) is 0 Å². The highest BCUT2D eigenvalue weighted by Gasteiger charge is 2.31. The summed E-state index contributed by atoms with van der Waals surface area (Å²) >= 11 is 1.72. The maximum Gasteiger partial charge on any atom is 0.143 e. The van der Waals surface area contributed by atoms with Gasteiger partial charge in [-0.25, -0.2) is 0 Å². The molecule has 0 aromatic carbocycles. The molecule has 2 rings (SSSR count). The van der Waals surface area contributed by atoms with E-state index in [1.807, 2.05) is 0 Å². The van der Waals surface area contributed by atoms with Gasteiger partial charge in [0.25, 0.3) is 0 Å². The fourth-order valence-electron chi connectivity index (χ4n) is 3.13. The zero-order valence-electron chi connectivity index (χ0n) is 11.7. The molecule has 0 aromatic heterocycles. The molecular weight excluding hydrogens is 242 g/mol. The highest BCUT2D eigenvalue weighted by molar-refractivity contribution is 8.14. The molecule has 0 bridgehead atoms. The van der Waals surface area contributed by atoms with Crippen LogP contribution in [0.3, 0.4) is 0 Å². The summed E-state index contributed by atoms with van der Waals surface area (Å²) in [5.41, 5.74) is 0. The minimum atomic E-state index is 0.354. The van der Waals surface area contributed by atoms with Crippen LogP contribution in [0.15, 0.2) is 4.99 Å². The van der Waals surface area contributed by atoms with Crippen LogP contribution in [-0.2, 0) is 4.79 Å². The molecule has 1 saturated heterocycles. The van der Waals surface area contributed by atoms with E-state index >= 15 is 0 Å². The third-order valence-electron chi connectivity index (χ3n) is 4.04. The molecule has 0 N–H and O–H groups in total. The summed E-state index contributed by atoms with van der Waals surface area (Å²) in [6.45, 7) is 4.27. The first-order valence-electron chi connectivity index (χ1n) is 7.39. The van der Waals surface area contributed by atoms with Gasteiger partial charge in [0.05, 0.1) is 10.8 Å². The average Bonchev–Trinajstić information content (AvgIpc) is 2.53. The Balaban J connectivity index is 2.12. The van der Waals surface area contributed by atoms with Gasteiger partial charge in [-0.05, 0) is 39.0 Å². The minimum Gasteiger partial charge on any atom is -0.299 e. The number of rotatable bonds is 2. The SMILES string of the molecule is CC(C)N=C1SCC(=O)CCC1C1CCCCC1. The maximum atomic E-state index is 11.7. The molecule has 0 aromatic rings. The number of hydrogen-bond acceptors (Lipinski definition) is 3. The molecular formula is C15H25NOS. The number of hydrogen-bond donors (Lipinski definition) is 0. The van der Waals surface area contributed by atoms with Crippen molar-refractivity contribution in [2.45, 2.75) is 64.8 Å². The minimum absolute atomic E-state index is 0.354. The Labute approximate surface area is 115 Å². The molecule has 2 aliphatic rings. The fraction of sp³-hybridized carbons (Fsp3) is 0.867. The Morgan fingerprint density at radius 3 is 2.56 bits per heavy atom. The van der Waals surface area contributed by atoms with Gasteiger partial charge in [-0.2, -0.15) is 0 Å². The summed E-state index contributed by atoms with van der Waals surface area (Å²) in [5.74, 6) is 2.42. The van der Waals surface area contributed by atoms with E-state index < -0.39 is 0 Å². The number of carbonyl (C=O) groups is 1. The first-order valence-corrected chi connectivity index (χ1v) is 8.37. The van der Waals surface area contributed by atoms with Crippen molar-refractivity contribution in [2.24, 2.45) is 16.8 Å². The maximum absolute atomic E-state index is 11.7. The Bertz CT molecular complexity index is 318. The standard InChI is InChI=1S/C15H25NOS/c1-11(2)16-15-14(9-8-13(17)10-18-15)12-6-4-3-5-7-12/h11-12,14H,3-10H2,1-2H3. The monoisotopic (exact) mass is 267 g/mol. The molecule has 1 saturated carbocycles. The molecule has 0 spiro atoms. The van der Waals surface area contributed by atoms with E-state index in [9.17, 15) is 4.79 Å². The van der Waals surface area contributed by atoms with Crippen molar-refractivity contribution in [3.63, 3.8) is 0 Å². The van der Waals surface area contributed by atoms with Crippen LogP contribution in [0, 0.1) is 11.8 Å². The Morgan fingerprint density at radius 2 is 1.89 bits per heavy atom. The quantitative estimate of drug-likeness (QED) is 0.754. The van der Waals surface area contributed by atoms with Gasteiger partial charge >= 0.3 is 0 Å². The molecule has 1 unspecified atom stereocenters. The highest BCUT2D eigenvalue weighted by Crippen LogP contribution is 2.37. The van der Waals surface area contributed by atoms with E-state index in [1.54, 1.807) is 11.8 Å². The lowest BCUT2D eigenvalue weighted by atomic mass is 9.78. The molecule has 0 radical (unpaired) electrons. The van der Waals surface area contributed by atoms with E-state index in [0.717, 1.165) is 18.8 Å². The highest BCUT2D eigenvalue weighted by atomic mass is 32.2. The van der Waals surface area contributed by atoms with E-state index in [2.05, 4.69) is 13.8 Å². The smallest absolute Gasteiger partial charge is 0.143 e. The van der Waals surface area contributed by atoms with Crippen LogP contribution in [0.4, 0.5) is 0 Å². The van der Waals surface area contributed by atoms with Gasteiger partial charge in [0.1, 0.15) is 5.78 Å². The van der Waals surface area contributed by atoms with Crippen molar-refractivity contribution < 1.29 is 4.79 Å². The van der Waals surface area contributed by atoms with Crippen molar-refractivity contribution >= 4 is 22.6 Å². The lowest BCUT2D eigenvalue weighted by Gasteiger charge is -2.30. The Kier molecular flexibility index (Phi) is 5.28. The zero-order chi connectivity index (χ0) is 13.0. The second-order valence-electron chi connectivity index (χ2n) is 5.93. The molecule has 1 atom stereocenters. The number of ketones is 1. The first kappa shape index (κ1) is 14.1. The normalized spacial score (nSPS) is 29.8. The third-order valence-corrected chi connectivity index (χ3v) is 5.21. The average molecular weight is 267 g/mol.